The number of esters is 1. The molecule has 0 radical (unpaired) electrons. The summed E-state index contributed by atoms with van der Waals surface area (Å²) in [5, 5.41) is 0.203. The highest BCUT2D eigenvalue weighted by molar-refractivity contribution is 6.31. The molecule has 1 aromatic rings. The van der Waals surface area contributed by atoms with Gasteiger partial charge >= 0.3 is 5.97 Å². The van der Waals surface area contributed by atoms with Crippen molar-refractivity contribution in [2.24, 2.45) is 11.1 Å². The number of rotatable bonds is 3. The van der Waals surface area contributed by atoms with Crippen LogP contribution in [0, 0.1) is 11.2 Å². The first-order chi connectivity index (χ1) is 7.80. The minimum absolute atomic E-state index is 0. The van der Waals surface area contributed by atoms with E-state index in [4.69, 9.17) is 17.3 Å². The third kappa shape index (κ3) is 3.34. The maximum absolute atomic E-state index is 12.9. The highest BCUT2D eigenvalue weighted by Crippen LogP contribution is 2.35. The van der Waals surface area contributed by atoms with Crippen molar-refractivity contribution in [3.63, 3.8) is 0 Å². The zero-order valence-corrected chi connectivity index (χ0v) is 11.9. The van der Waals surface area contributed by atoms with Crippen LogP contribution in [0.3, 0.4) is 0 Å². The van der Waals surface area contributed by atoms with E-state index in [-0.39, 0.29) is 17.4 Å². The van der Waals surface area contributed by atoms with Crippen LogP contribution < -0.4 is 5.73 Å². The molecule has 6 heteroatoms. The lowest BCUT2D eigenvalue weighted by atomic mass is 9.81. The monoisotopic (exact) mass is 295 g/mol. The zero-order valence-electron chi connectivity index (χ0n) is 10.4. The van der Waals surface area contributed by atoms with Crippen molar-refractivity contribution in [2.75, 3.05) is 7.11 Å². The van der Waals surface area contributed by atoms with E-state index in [9.17, 15) is 9.18 Å². The van der Waals surface area contributed by atoms with Crippen molar-refractivity contribution in [2.45, 2.75) is 19.9 Å². The fraction of sp³-hybridized carbons (Fsp3) is 0.417. The third-order valence-corrected chi connectivity index (χ3v) is 3.11. The van der Waals surface area contributed by atoms with Crippen molar-refractivity contribution in [3.8, 4) is 0 Å². The Bertz CT molecular complexity index is 438. The Labute approximate surface area is 117 Å². The number of methoxy groups -OCH3 is 1. The van der Waals surface area contributed by atoms with Gasteiger partial charge in [0.05, 0.1) is 12.5 Å². The van der Waals surface area contributed by atoms with E-state index in [2.05, 4.69) is 4.74 Å². The van der Waals surface area contributed by atoms with E-state index < -0.39 is 23.2 Å². The van der Waals surface area contributed by atoms with Crippen molar-refractivity contribution < 1.29 is 13.9 Å². The highest BCUT2D eigenvalue weighted by atomic mass is 35.5. The van der Waals surface area contributed by atoms with Gasteiger partial charge in [-0.05, 0) is 31.5 Å². The van der Waals surface area contributed by atoms with E-state index in [0.29, 0.717) is 5.56 Å². The first-order valence-corrected chi connectivity index (χ1v) is 5.47. The van der Waals surface area contributed by atoms with Gasteiger partial charge in [0.1, 0.15) is 5.82 Å². The first kappa shape index (κ1) is 17.2. The molecule has 0 saturated carbocycles. The molecule has 0 aromatic heterocycles. The molecular weight excluding hydrogens is 280 g/mol. The topological polar surface area (TPSA) is 52.3 Å². The molecule has 1 aromatic carbocycles. The molecule has 1 atom stereocenters. The predicted molar refractivity (Wildman–Crippen MR) is 71.4 cm³/mol. The molecule has 3 nitrogen and oxygen atoms in total. The van der Waals surface area contributed by atoms with Crippen LogP contribution in [0.15, 0.2) is 18.2 Å². The van der Waals surface area contributed by atoms with E-state index >= 15 is 0 Å². The molecule has 1 rings (SSSR count). The van der Waals surface area contributed by atoms with Crippen LogP contribution in [0.2, 0.25) is 5.02 Å². The number of benzene rings is 1. The summed E-state index contributed by atoms with van der Waals surface area (Å²) in [4.78, 5) is 11.6. The number of hydrogen-bond donors (Lipinski definition) is 1. The van der Waals surface area contributed by atoms with E-state index in [1.54, 1.807) is 13.8 Å². The molecule has 0 aliphatic rings. The molecule has 0 saturated heterocycles. The van der Waals surface area contributed by atoms with Crippen LogP contribution in [0.1, 0.15) is 25.5 Å². The highest BCUT2D eigenvalue weighted by Gasteiger charge is 2.37. The SMILES string of the molecule is COC(=O)C(C)(C)[C@@H](N)c1ccc(F)cc1Cl.Cl. The van der Waals surface area contributed by atoms with Gasteiger partial charge in [0, 0.05) is 11.1 Å². The van der Waals surface area contributed by atoms with Gasteiger partial charge in [0.2, 0.25) is 0 Å². The molecule has 0 unspecified atom stereocenters. The number of carbonyl (C=O) groups is 1. The van der Waals surface area contributed by atoms with Crippen LogP contribution in [0.4, 0.5) is 4.39 Å². The summed E-state index contributed by atoms with van der Waals surface area (Å²) < 4.78 is 17.6. The van der Waals surface area contributed by atoms with E-state index in [0.717, 1.165) is 0 Å². The van der Waals surface area contributed by atoms with Crippen LogP contribution in [-0.4, -0.2) is 13.1 Å². The van der Waals surface area contributed by atoms with Gasteiger partial charge in [-0.25, -0.2) is 4.39 Å². The molecule has 0 aliphatic heterocycles. The maximum atomic E-state index is 12.9. The van der Waals surface area contributed by atoms with Crippen LogP contribution >= 0.6 is 24.0 Å². The zero-order chi connectivity index (χ0) is 13.2. The number of carbonyl (C=O) groups excluding carboxylic acids is 1. The predicted octanol–water partition coefficient (Wildman–Crippen LogP) is 3.10. The summed E-state index contributed by atoms with van der Waals surface area (Å²) in [6.07, 6.45) is 0. The van der Waals surface area contributed by atoms with E-state index in [1.165, 1.54) is 25.3 Å². The van der Waals surface area contributed by atoms with Gasteiger partial charge in [0.25, 0.3) is 0 Å². The summed E-state index contributed by atoms with van der Waals surface area (Å²) >= 11 is 5.91. The second-order valence-electron chi connectivity index (χ2n) is 4.36. The van der Waals surface area contributed by atoms with Crippen molar-refractivity contribution in [1.82, 2.24) is 0 Å². The molecule has 0 fully saturated rings. The Kier molecular flexibility index (Phi) is 6.07. The third-order valence-electron chi connectivity index (χ3n) is 2.79. The van der Waals surface area contributed by atoms with Crippen LogP contribution in [-0.2, 0) is 9.53 Å². The minimum atomic E-state index is -0.934. The fourth-order valence-electron chi connectivity index (χ4n) is 1.53. The molecule has 0 spiro atoms. The summed E-state index contributed by atoms with van der Waals surface area (Å²) in [7, 11) is 1.29. The lowest BCUT2D eigenvalue weighted by molar-refractivity contribution is -0.152. The summed E-state index contributed by atoms with van der Waals surface area (Å²) in [6, 6.07) is 3.24. The van der Waals surface area contributed by atoms with Crippen molar-refractivity contribution in [3.05, 3.63) is 34.6 Å². The summed E-state index contributed by atoms with van der Waals surface area (Å²) in [5.74, 6) is -0.882. The minimum Gasteiger partial charge on any atom is -0.469 e. The van der Waals surface area contributed by atoms with Gasteiger partial charge in [-0.1, -0.05) is 17.7 Å². The summed E-state index contributed by atoms with van der Waals surface area (Å²) in [5.41, 5.74) is 5.58. The number of nitrogens with two attached hydrogens (primary N) is 1. The molecular formula is C12H16Cl2FNO2. The van der Waals surface area contributed by atoms with Gasteiger partial charge < -0.3 is 10.5 Å². The molecule has 0 bridgehead atoms. The standard InChI is InChI=1S/C12H15ClFNO2.ClH/c1-12(2,11(16)17-3)10(15)8-5-4-7(14)6-9(8)13;/h4-6,10H,15H2,1-3H3;1H/t10-;/m0./s1. The Hall–Kier alpha value is -0.840. The number of ether oxygens (including phenoxy) is 1. The van der Waals surface area contributed by atoms with Crippen LogP contribution in [0.25, 0.3) is 0 Å². The van der Waals surface area contributed by atoms with Crippen molar-refractivity contribution in [1.29, 1.82) is 0 Å². The Morgan fingerprint density at radius 3 is 2.50 bits per heavy atom. The Balaban J connectivity index is 0.00000289. The second kappa shape index (κ2) is 6.36. The molecule has 2 N–H and O–H groups in total. The van der Waals surface area contributed by atoms with Crippen molar-refractivity contribution >= 4 is 30.0 Å². The normalized spacial score (nSPS) is 12.6. The van der Waals surface area contributed by atoms with Gasteiger partial charge in [-0.3, -0.25) is 4.79 Å². The smallest absolute Gasteiger partial charge is 0.313 e. The largest absolute Gasteiger partial charge is 0.469 e. The Morgan fingerprint density at radius 2 is 2.06 bits per heavy atom. The molecule has 18 heavy (non-hydrogen) atoms. The maximum Gasteiger partial charge on any atom is 0.313 e. The van der Waals surface area contributed by atoms with Gasteiger partial charge in [-0.15, -0.1) is 12.4 Å². The lowest BCUT2D eigenvalue weighted by Crippen LogP contribution is -2.37. The van der Waals surface area contributed by atoms with Crippen LogP contribution in [0.5, 0.6) is 0 Å². The number of halogens is 3. The van der Waals surface area contributed by atoms with Gasteiger partial charge in [-0.2, -0.15) is 0 Å². The fourth-order valence-corrected chi connectivity index (χ4v) is 1.82. The average Bonchev–Trinajstić information content (AvgIpc) is 2.27. The number of hydrogen-bond acceptors (Lipinski definition) is 3. The quantitative estimate of drug-likeness (QED) is 0.872. The van der Waals surface area contributed by atoms with E-state index in [1.807, 2.05) is 0 Å². The molecule has 0 amide bonds. The molecule has 0 aliphatic carbocycles. The first-order valence-electron chi connectivity index (χ1n) is 5.09. The Morgan fingerprint density at radius 1 is 1.50 bits per heavy atom. The second-order valence-corrected chi connectivity index (χ2v) is 4.76. The average molecular weight is 296 g/mol. The molecule has 102 valence electrons. The summed E-state index contributed by atoms with van der Waals surface area (Å²) in [6.45, 7) is 3.31. The lowest BCUT2D eigenvalue weighted by Gasteiger charge is -2.29. The van der Waals surface area contributed by atoms with Gasteiger partial charge in [0.15, 0.2) is 0 Å². The molecule has 0 heterocycles.